The normalized spacial score (nSPS) is 13.0. The fourth-order valence-electron chi connectivity index (χ4n) is 2.13. The molecular formula is C18H29NO2. The molecule has 0 heterocycles. The molecule has 0 saturated heterocycles. The molecule has 0 aromatic heterocycles. The summed E-state index contributed by atoms with van der Waals surface area (Å²) in [6.45, 7) is 9.44. The average Bonchev–Trinajstić information content (AvgIpc) is 2.43. The zero-order valence-corrected chi connectivity index (χ0v) is 13.8. The van der Waals surface area contributed by atoms with Crippen LogP contribution in [0.4, 0.5) is 0 Å². The minimum absolute atomic E-state index is 0.0830. The number of carbonyl (C=O) groups is 1. The Kier molecular flexibility index (Phi) is 6.90. The van der Waals surface area contributed by atoms with Gasteiger partial charge in [0.15, 0.2) is 0 Å². The predicted molar refractivity (Wildman–Crippen MR) is 87.3 cm³/mol. The Hall–Kier alpha value is -1.35. The van der Waals surface area contributed by atoms with Crippen molar-refractivity contribution >= 4 is 5.91 Å². The molecule has 0 aliphatic heterocycles. The Labute approximate surface area is 128 Å². The molecule has 2 N–H and O–H groups in total. The van der Waals surface area contributed by atoms with Gasteiger partial charge in [-0.2, -0.15) is 0 Å². The zero-order valence-electron chi connectivity index (χ0n) is 13.8. The molecule has 0 aliphatic rings. The lowest BCUT2D eigenvalue weighted by atomic mass is 9.86. The molecule has 0 spiro atoms. The highest BCUT2D eigenvalue weighted by molar-refractivity contribution is 5.76. The largest absolute Gasteiger partial charge is 0.396 e. The second-order valence-electron chi connectivity index (χ2n) is 6.87. The lowest BCUT2D eigenvalue weighted by Crippen LogP contribution is -2.28. The molecule has 1 aromatic carbocycles. The van der Waals surface area contributed by atoms with Crippen LogP contribution in [0.5, 0.6) is 0 Å². The van der Waals surface area contributed by atoms with Crippen LogP contribution in [0.1, 0.15) is 51.7 Å². The number of nitrogens with one attached hydrogen (secondary N) is 1. The van der Waals surface area contributed by atoms with Gasteiger partial charge in [-0.3, -0.25) is 4.79 Å². The van der Waals surface area contributed by atoms with Crippen molar-refractivity contribution in [2.24, 2.45) is 5.92 Å². The van der Waals surface area contributed by atoms with Crippen molar-refractivity contribution in [2.75, 3.05) is 13.2 Å². The number of hydrogen-bond acceptors (Lipinski definition) is 2. The molecule has 1 rings (SSSR count). The average molecular weight is 291 g/mol. The molecule has 1 aromatic rings. The van der Waals surface area contributed by atoms with Gasteiger partial charge in [0.05, 0.1) is 0 Å². The maximum absolute atomic E-state index is 11.8. The molecule has 0 aliphatic carbocycles. The number of carbonyl (C=O) groups excluding carboxylic acids is 1. The molecule has 0 saturated carbocycles. The Morgan fingerprint density at radius 1 is 1.24 bits per heavy atom. The molecule has 1 atom stereocenters. The quantitative estimate of drug-likeness (QED) is 0.811. The van der Waals surface area contributed by atoms with Crippen LogP contribution >= 0.6 is 0 Å². The van der Waals surface area contributed by atoms with Crippen LogP contribution in [-0.4, -0.2) is 24.2 Å². The Morgan fingerprint density at radius 2 is 1.86 bits per heavy atom. The topological polar surface area (TPSA) is 49.3 Å². The molecule has 3 nitrogen and oxygen atoms in total. The molecule has 1 amide bonds. The van der Waals surface area contributed by atoms with Crippen LogP contribution < -0.4 is 5.32 Å². The SMILES string of the molecule is CC(CCO)CNC(=O)CCc1ccc(C(C)(C)C)cc1. The number of rotatable bonds is 7. The van der Waals surface area contributed by atoms with Crippen molar-refractivity contribution in [1.29, 1.82) is 0 Å². The highest BCUT2D eigenvalue weighted by Gasteiger charge is 2.13. The molecule has 3 heteroatoms. The number of aliphatic hydroxyl groups excluding tert-OH is 1. The van der Waals surface area contributed by atoms with Gasteiger partial charge in [0.2, 0.25) is 5.91 Å². The van der Waals surface area contributed by atoms with Crippen LogP contribution in [0.25, 0.3) is 0 Å². The molecular weight excluding hydrogens is 262 g/mol. The van der Waals surface area contributed by atoms with Crippen LogP contribution in [0.2, 0.25) is 0 Å². The van der Waals surface area contributed by atoms with Gasteiger partial charge in [-0.05, 0) is 35.3 Å². The van der Waals surface area contributed by atoms with E-state index in [1.54, 1.807) is 0 Å². The predicted octanol–water partition coefficient (Wildman–Crippen LogP) is 3.05. The lowest BCUT2D eigenvalue weighted by Gasteiger charge is -2.19. The summed E-state index contributed by atoms with van der Waals surface area (Å²) in [5.74, 6) is 0.407. The van der Waals surface area contributed by atoms with Crippen LogP contribution in [0.15, 0.2) is 24.3 Å². The van der Waals surface area contributed by atoms with Gasteiger partial charge >= 0.3 is 0 Å². The molecule has 0 radical (unpaired) electrons. The number of aliphatic hydroxyl groups is 1. The number of hydrogen-bond donors (Lipinski definition) is 2. The van der Waals surface area contributed by atoms with E-state index in [2.05, 4.69) is 50.4 Å². The Bertz CT molecular complexity index is 432. The summed E-state index contributed by atoms with van der Waals surface area (Å²) in [4.78, 5) is 11.8. The second kappa shape index (κ2) is 8.18. The molecule has 0 bridgehead atoms. The van der Waals surface area contributed by atoms with E-state index >= 15 is 0 Å². The Morgan fingerprint density at radius 3 is 2.38 bits per heavy atom. The van der Waals surface area contributed by atoms with Gasteiger partial charge in [-0.25, -0.2) is 0 Å². The smallest absolute Gasteiger partial charge is 0.220 e. The molecule has 118 valence electrons. The standard InChI is InChI=1S/C18H29NO2/c1-14(11-12-20)13-19-17(21)10-7-15-5-8-16(9-6-15)18(2,3)4/h5-6,8-9,14,20H,7,10-13H2,1-4H3,(H,19,21). The van der Waals surface area contributed by atoms with Crippen LogP contribution in [0, 0.1) is 5.92 Å². The first kappa shape index (κ1) is 17.7. The summed E-state index contributed by atoms with van der Waals surface area (Å²) >= 11 is 0. The van der Waals surface area contributed by atoms with Crippen molar-refractivity contribution in [3.63, 3.8) is 0 Å². The summed E-state index contributed by atoms with van der Waals surface area (Å²) in [7, 11) is 0. The zero-order chi connectivity index (χ0) is 15.9. The summed E-state index contributed by atoms with van der Waals surface area (Å²) < 4.78 is 0. The monoisotopic (exact) mass is 291 g/mol. The van der Waals surface area contributed by atoms with Crippen molar-refractivity contribution in [3.05, 3.63) is 35.4 Å². The minimum Gasteiger partial charge on any atom is -0.396 e. The number of benzene rings is 1. The van der Waals surface area contributed by atoms with Crippen molar-refractivity contribution in [2.45, 2.75) is 52.4 Å². The fraction of sp³-hybridized carbons (Fsp3) is 0.611. The highest BCUT2D eigenvalue weighted by Crippen LogP contribution is 2.22. The fourth-order valence-corrected chi connectivity index (χ4v) is 2.13. The number of amides is 1. The summed E-state index contributed by atoms with van der Waals surface area (Å²) in [6.07, 6.45) is 2.01. The highest BCUT2D eigenvalue weighted by atomic mass is 16.3. The molecule has 1 unspecified atom stereocenters. The minimum atomic E-state index is 0.0830. The third-order valence-corrected chi connectivity index (χ3v) is 3.73. The summed E-state index contributed by atoms with van der Waals surface area (Å²) in [5.41, 5.74) is 2.67. The van der Waals surface area contributed by atoms with Crippen molar-refractivity contribution < 1.29 is 9.90 Å². The summed E-state index contributed by atoms with van der Waals surface area (Å²) in [5, 5.41) is 11.7. The van der Waals surface area contributed by atoms with E-state index < -0.39 is 0 Å². The van der Waals surface area contributed by atoms with E-state index in [-0.39, 0.29) is 17.9 Å². The first-order chi connectivity index (χ1) is 9.82. The third kappa shape index (κ3) is 6.76. The van der Waals surface area contributed by atoms with Gasteiger partial charge in [0, 0.05) is 19.6 Å². The molecule has 0 fully saturated rings. The van der Waals surface area contributed by atoms with Crippen LogP contribution in [0.3, 0.4) is 0 Å². The van der Waals surface area contributed by atoms with Crippen molar-refractivity contribution in [1.82, 2.24) is 5.32 Å². The van der Waals surface area contributed by atoms with E-state index in [4.69, 9.17) is 5.11 Å². The maximum Gasteiger partial charge on any atom is 0.220 e. The molecule has 21 heavy (non-hydrogen) atoms. The number of aryl methyl sites for hydroxylation is 1. The van der Waals surface area contributed by atoms with Crippen molar-refractivity contribution in [3.8, 4) is 0 Å². The van der Waals surface area contributed by atoms with Gasteiger partial charge in [0.1, 0.15) is 0 Å². The van der Waals surface area contributed by atoms with E-state index in [1.807, 2.05) is 6.92 Å². The first-order valence-electron chi connectivity index (χ1n) is 7.80. The third-order valence-electron chi connectivity index (χ3n) is 3.73. The van der Waals surface area contributed by atoms with Gasteiger partial charge < -0.3 is 10.4 Å². The van der Waals surface area contributed by atoms with Gasteiger partial charge in [-0.15, -0.1) is 0 Å². The Balaban J connectivity index is 2.36. The van der Waals surface area contributed by atoms with E-state index in [1.165, 1.54) is 11.1 Å². The summed E-state index contributed by atoms with van der Waals surface area (Å²) in [6, 6.07) is 8.53. The van der Waals surface area contributed by atoms with Crippen LogP contribution in [-0.2, 0) is 16.6 Å². The van der Waals surface area contributed by atoms with E-state index in [0.717, 1.165) is 12.8 Å². The second-order valence-corrected chi connectivity index (χ2v) is 6.87. The maximum atomic E-state index is 11.8. The van der Waals surface area contributed by atoms with Gasteiger partial charge in [-0.1, -0.05) is 52.0 Å². The van der Waals surface area contributed by atoms with Gasteiger partial charge in [0.25, 0.3) is 0 Å². The lowest BCUT2D eigenvalue weighted by molar-refractivity contribution is -0.121. The first-order valence-corrected chi connectivity index (χ1v) is 7.80. The van der Waals surface area contributed by atoms with E-state index in [9.17, 15) is 4.79 Å². The van der Waals surface area contributed by atoms with E-state index in [0.29, 0.717) is 18.9 Å².